The van der Waals surface area contributed by atoms with Gasteiger partial charge in [0.15, 0.2) is 10.1 Å². The van der Waals surface area contributed by atoms with E-state index in [1.54, 1.807) is 0 Å². The molecule has 1 rings (SSSR count). The maximum absolute atomic E-state index is 12.6. The zero-order valence-electron chi connectivity index (χ0n) is 25.3. The number of carbonyl (C=O) groups excluding carboxylic acids is 3. The second kappa shape index (κ2) is 23.4. The summed E-state index contributed by atoms with van der Waals surface area (Å²) < 4.78 is 5.32. The molecule has 0 aromatic heterocycles. The molecule has 18 heteroatoms. The number of nitrogens with one attached hydrogen (secondary N) is 4. The number of hydrogen-bond donors (Lipinski definition) is 6. The van der Waals surface area contributed by atoms with E-state index in [1.165, 1.54) is 0 Å². The zero-order chi connectivity index (χ0) is 33.3. The first-order valence-electron chi connectivity index (χ1n) is 14.8. The van der Waals surface area contributed by atoms with Crippen LogP contribution >= 0.6 is 0 Å². The SMILES string of the molecule is N/C(=N/[N+](=O)[O-])NCCCCCCCC(=O)N[C@H](CC(=O)OCc1ccccc1)NC(=O)CCCCCCN/C(N)=N/[N+](=O)[O-]. The van der Waals surface area contributed by atoms with Gasteiger partial charge in [0.25, 0.3) is 11.9 Å². The summed E-state index contributed by atoms with van der Waals surface area (Å²) in [5.74, 6) is -1.73. The summed E-state index contributed by atoms with van der Waals surface area (Å²) in [4.78, 5) is 58.2. The van der Waals surface area contributed by atoms with Gasteiger partial charge < -0.3 is 37.5 Å². The van der Waals surface area contributed by atoms with Gasteiger partial charge in [0.2, 0.25) is 11.8 Å². The highest BCUT2D eigenvalue weighted by atomic mass is 16.7. The van der Waals surface area contributed by atoms with E-state index in [9.17, 15) is 34.6 Å². The third-order valence-electron chi connectivity index (χ3n) is 6.19. The number of ether oxygens (including phenoxy) is 1. The Kier molecular flexibility index (Phi) is 19.8. The predicted molar refractivity (Wildman–Crippen MR) is 165 cm³/mol. The molecule has 1 aromatic carbocycles. The molecule has 18 nitrogen and oxygen atoms in total. The largest absolute Gasteiger partial charge is 0.461 e. The van der Waals surface area contributed by atoms with Gasteiger partial charge in [0, 0.05) is 25.9 Å². The molecule has 1 aromatic rings. The predicted octanol–water partition coefficient (Wildman–Crippen LogP) is 1.16. The zero-order valence-corrected chi connectivity index (χ0v) is 25.3. The smallest absolute Gasteiger partial charge is 0.310 e. The van der Waals surface area contributed by atoms with Crippen LogP contribution in [0.1, 0.15) is 82.6 Å². The Morgan fingerprint density at radius 2 is 1.18 bits per heavy atom. The van der Waals surface area contributed by atoms with Crippen LogP contribution in [0, 0.1) is 20.2 Å². The van der Waals surface area contributed by atoms with Crippen LogP contribution in [0.25, 0.3) is 0 Å². The van der Waals surface area contributed by atoms with Gasteiger partial charge in [-0.3, -0.25) is 14.4 Å². The number of carbonyl (C=O) groups is 3. The summed E-state index contributed by atoms with van der Waals surface area (Å²) in [6.45, 7) is 0.915. The van der Waals surface area contributed by atoms with Crippen molar-refractivity contribution in [2.45, 2.75) is 89.8 Å². The molecule has 0 saturated heterocycles. The number of nitro groups is 2. The van der Waals surface area contributed by atoms with E-state index >= 15 is 0 Å². The van der Waals surface area contributed by atoms with E-state index in [-0.39, 0.29) is 49.6 Å². The van der Waals surface area contributed by atoms with E-state index in [1.807, 2.05) is 30.3 Å². The molecule has 0 fully saturated rings. The number of unbranched alkanes of at least 4 members (excludes halogenated alkanes) is 7. The fraction of sp³-hybridized carbons (Fsp3) is 0.593. The number of guanidine groups is 2. The van der Waals surface area contributed by atoms with Crippen molar-refractivity contribution < 1.29 is 29.2 Å². The molecule has 0 aliphatic heterocycles. The normalized spacial score (nSPS) is 12.1. The molecule has 0 unspecified atom stereocenters. The molecule has 45 heavy (non-hydrogen) atoms. The van der Waals surface area contributed by atoms with Gasteiger partial charge in [0.1, 0.15) is 23.0 Å². The van der Waals surface area contributed by atoms with E-state index in [0.29, 0.717) is 38.8 Å². The molecule has 1 atom stereocenters. The Hall–Kier alpha value is -5.03. The average Bonchev–Trinajstić information content (AvgIpc) is 2.96. The van der Waals surface area contributed by atoms with Crippen molar-refractivity contribution in [3.8, 4) is 0 Å². The fourth-order valence-electron chi connectivity index (χ4n) is 4.02. The fourth-order valence-corrected chi connectivity index (χ4v) is 4.02. The highest BCUT2D eigenvalue weighted by Gasteiger charge is 2.19. The van der Waals surface area contributed by atoms with Crippen molar-refractivity contribution in [3.05, 3.63) is 56.1 Å². The number of hydrazone groups is 2. The number of benzene rings is 1. The molecule has 0 saturated carbocycles. The third kappa shape index (κ3) is 22.2. The minimum absolute atomic E-state index is 0.0668. The second-order valence-electron chi connectivity index (χ2n) is 10.0. The lowest BCUT2D eigenvalue weighted by atomic mass is 10.1. The van der Waals surface area contributed by atoms with E-state index < -0.39 is 22.2 Å². The summed E-state index contributed by atoms with van der Waals surface area (Å²) >= 11 is 0. The number of nitrogens with zero attached hydrogens (tertiary/aromatic N) is 4. The van der Waals surface area contributed by atoms with Crippen LogP contribution in [0.5, 0.6) is 0 Å². The molecule has 0 bridgehead atoms. The number of nitrogens with two attached hydrogens (primary N) is 2. The van der Waals surface area contributed by atoms with Crippen molar-refractivity contribution in [1.29, 1.82) is 0 Å². The quantitative estimate of drug-likeness (QED) is 0.0188. The Labute approximate surface area is 261 Å². The summed E-state index contributed by atoms with van der Waals surface area (Å²) in [6.07, 6.45) is 5.68. The first-order chi connectivity index (χ1) is 21.5. The first-order valence-corrected chi connectivity index (χ1v) is 14.8. The van der Waals surface area contributed by atoms with Gasteiger partial charge >= 0.3 is 5.97 Å². The van der Waals surface area contributed by atoms with E-state index in [0.717, 1.165) is 37.7 Å². The van der Waals surface area contributed by atoms with Crippen LogP contribution in [0.3, 0.4) is 0 Å². The van der Waals surface area contributed by atoms with Crippen LogP contribution in [0.15, 0.2) is 40.5 Å². The van der Waals surface area contributed by atoms with Gasteiger partial charge in [-0.05, 0) is 31.2 Å². The second-order valence-corrected chi connectivity index (χ2v) is 10.0. The maximum Gasteiger partial charge on any atom is 0.310 e. The summed E-state index contributed by atoms with van der Waals surface area (Å²) in [5.41, 5.74) is 11.5. The van der Waals surface area contributed by atoms with Crippen molar-refractivity contribution >= 4 is 29.7 Å². The molecular weight excluding hydrogens is 592 g/mol. The standard InChI is InChI=1S/C27H44N10O8/c28-26(34-36(41)42)30-17-11-4-1-2-9-15-23(38)32-22(19-25(40)45-20-21-13-7-6-8-14-21)33-24(39)16-10-3-5-12-18-31-27(29)35-37(43)44/h6-8,13-14,22H,1-5,9-12,15-20H2,(H,32,38)(H,33,39)(H3,28,30,34)(H3,29,31,35)/t22-/m0/s1. The third-order valence-corrected chi connectivity index (χ3v) is 6.19. The van der Waals surface area contributed by atoms with Gasteiger partial charge in [-0.2, -0.15) is 0 Å². The Morgan fingerprint density at radius 3 is 1.64 bits per heavy atom. The molecule has 0 radical (unpaired) electrons. The Morgan fingerprint density at radius 1 is 0.733 bits per heavy atom. The Balaban J connectivity index is 2.42. The molecular formula is C27H44N10O8. The minimum Gasteiger partial charge on any atom is -0.461 e. The van der Waals surface area contributed by atoms with Gasteiger partial charge in [-0.1, -0.05) is 62.4 Å². The summed E-state index contributed by atoms with van der Waals surface area (Å²) in [7, 11) is 0. The number of amides is 2. The van der Waals surface area contributed by atoms with Crippen LogP contribution in [-0.4, -0.2) is 59.0 Å². The molecule has 8 N–H and O–H groups in total. The molecule has 0 aliphatic rings. The van der Waals surface area contributed by atoms with Crippen molar-refractivity contribution in [3.63, 3.8) is 0 Å². The van der Waals surface area contributed by atoms with Gasteiger partial charge in [-0.15, -0.1) is 0 Å². The minimum atomic E-state index is -0.932. The molecule has 250 valence electrons. The van der Waals surface area contributed by atoms with E-state index in [4.69, 9.17) is 16.2 Å². The highest BCUT2D eigenvalue weighted by molar-refractivity contribution is 5.81. The molecule has 0 heterocycles. The molecule has 0 spiro atoms. The highest BCUT2D eigenvalue weighted by Crippen LogP contribution is 2.07. The topological polar surface area (TPSA) is 272 Å². The summed E-state index contributed by atoms with van der Waals surface area (Å²) in [5, 5.41) is 35.3. The van der Waals surface area contributed by atoms with Crippen molar-refractivity contribution in [2.75, 3.05) is 13.1 Å². The number of rotatable bonds is 23. The lowest BCUT2D eigenvalue weighted by Gasteiger charge is -2.20. The molecule has 0 aliphatic carbocycles. The van der Waals surface area contributed by atoms with Crippen LogP contribution in [0.4, 0.5) is 0 Å². The number of esters is 1. The first kappa shape index (κ1) is 38.0. The maximum atomic E-state index is 12.6. The van der Waals surface area contributed by atoms with Crippen LogP contribution < -0.4 is 32.7 Å². The summed E-state index contributed by atoms with van der Waals surface area (Å²) in [6, 6.07) is 9.12. The van der Waals surface area contributed by atoms with Gasteiger partial charge in [0.05, 0.1) is 6.42 Å². The lowest BCUT2D eigenvalue weighted by molar-refractivity contribution is -0.485. The van der Waals surface area contributed by atoms with Crippen molar-refractivity contribution in [2.24, 2.45) is 21.7 Å². The van der Waals surface area contributed by atoms with E-state index in [2.05, 4.69) is 31.5 Å². The number of hydrogen-bond acceptors (Lipinski definition) is 8. The van der Waals surface area contributed by atoms with Crippen LogP contribution in [-0.2, 0) is 25.7 Å². The molecule has 2 amide bonds. The lowest BCUT2D eigenvalue weighted by Crippen LogP contribution is -2.49. The van der Waals surface area contributed by atoms with Crippen molar-refractivity contribution in [1.82, 2.24) is 21.3 Å². The monoisotopic (exact) mass is 636 g/mol. The Bertz CT molecular complexity index is 1130. The average molecular weight is 637 g/mol. The van der Waals surface area contributed by atoms with Crippen LogP contribution in [0.2, 0.25) is 0 Å². The van der Waals surface area contributed by atoms with Gasteiger partial charge in [-0.25, -0.2) is 20.2 Å².